The summed E-state index contributed by atoms with van der Waals surface area (Å²) in [4.78, 5) is 6.60. The predicted molar refractivity (Wildman–Crippen MR) is 109 cm³/mol. The molecule has 26 heavy (non-hydrogen) atoms. The van der Waals surface area contributed by atoms with Crippen molar-refractivity contribution in [1.29, 1.82) is 0 Å². The maximum Gasteiger partial charge on any atom is 0.191 e. The Bertz CT molecular complexity index is 595. The molecule has 2 rings (SSSR count). The molecular formula is C19H31ClN4O2. The van der Waals surface area contributed by atoms with Crippen LogP contribution in [-0.4, -0.2) is 59.0 Å². The van der Waals surface area contributed by atoms with E-state index in [-0.39, 0.29) is 0 Å². The number of methoxy groups -OCH3 is 1. The van der Waals surface area contributed by atoms with Crippen LogP contribution in [0, 0.1) is 5.92 Å². The Labute approximate surface area is 161 Å². The number of nitrogens with one attached hydrogen (secondary N) is 2. The van der Waals surface area contributed by atoms with Gasteiger partial charge in [0.05, 0.1) is 19.4 Å². The van der Waals surface area contributed by atoms with Crippen LogP contribution in [0.1, 0.15) is 20.3 Å². The number of benzene rings is 1. The van der Waals surface area contributed by atoms with Crippen molar-refractivity contribution >= 4 is 23.2 Å². The third kappa shape index (κ3) is 6.25. The minimum absolute atomic E-state index is 0.321. The van der Waals surface area contributed by atoms with Gasteiger partial charge in [-0.05, 0) is 30.5 Å². The molecule has 1 aromatic carbocycles. The van der Waals surface area contributed by atoms with Gasteiger partial charge in [0.15, 0.2) is 5.96 Å². The van der Waals surface area contributed by atoms with Crippen molar-refractivity contribution in [3.05, 3.63) is 23.2 Å². The van der Waals surface area contributed by atoms with E-state index in [1.54, 1.807) is 14.2 Å². The molecule has 1 aliphatic heterocycles. The second-order valence-corrected chi connectivity index (χ2v) is 7.30. The molecule has 2 N–H and O–H groups in total. The van der Waals surface area contributed by atoms with E-state index < -0.39 is 0 Å². The van der Waals surface area contributed by atoms with Crippen molar-refractivity contribution in [3.8, 4) is 5.75 Å². The molecule has 0 spiro atoms. The van der Waals surface area contributed by atoms with Gasteiger partial charge >= 0.3 is 0 Å². The highest BCUT2D eigenvalue weighted by Gasteiger charge is 2.25. The lowest BCUT2D eigenvalue weighted by Crippen LogP contribution is -2.45. The van der Waals surface area contributed by atoms with Gasteiger partial charge in [0, 0.05) is 44.4 Å². The number of aliphatic imine (C=N–C) groups is 1. The van der Waals surface area contributed by atoms with Crippen molar-refractivity contribution < 1.29 is 9.47 Å². The maximum atomic E-state index is 6.16. The molecule has 0 radical (unpaired) electrons. The number of ether oxygens (including phenoxy) is 2. The van der Waals surface area contributed by atoms with Gasteiger partial charge in [0.2, 0.25) is 0 Å². The zero-order valence-electron chi connectivity index (χ0n) is 16.2. The van der Waals surface area contributed by atoms with Gasteiger partial charge in [0.1, 0.15) is 5.75 Å². The molecular weight excluding hydrogens is 352 g/mol. The first kappa shape index (κ1) is 20.6. The van der Waals surface area contributed by atoms with Crippen LogP contribution in [0.4, 0.5) is 5.69 Å². The van der Waals surface area contributed by atoms with Crippen LogP contribution in [0.3, 0.4) is 0 Å². The number of hydrogen-bond acceptors (Lipinski definition) is 4. The molecule has 0 aliphatic carbocycles. The first-order valence-corrected chi connectivity index (χ1v) is 9.54. The highest BCUT2D eigenvalue weighted by molar-refractivity contribution is 6.30. The first-order chi connectivity index (χ1) is 12.5. The molecule has 146 valence electrons. The van der Waals surface area contributed by atoms with Crippen LogP contribution in [-0.2, 0) is 4.74 Å². The van der Waals surface area contributed by atoms with Gasteiger partial charge in [-0.25, -0.2) is 0 Å². The molecule has 1 unspecified atom stereocenters. The number of anilines is 1. The Balaban J connectivity index is 1.81. The van der Waals surface area contributed by atoms with Gasteiger partial charge in [-0.2, -0.15) is 0 Å². The van der Waals surface area contributed by atoms with Crippen LogP contribution in [0.15, 0.2) is 23.2 Å². The number of hydrogen-bond donors (Lipinski definition) is 2. The fourth-order valence-electron chi connectivity index (χ4n) is 2.96. The van der Waals surface area contributed by atoms with Crippen LogP contribution < -0.4 is 20.3 Å². The van der Waals surface area contributed by atoms with Crippen molar-refractivity contribution in [2.75, 3.05) is 51.9 Å². The van der Waals surface area contributed by atoms with Gasteiger partial charge in [-0.15, -0.1) is 0 Å². The van der Waals surface area contributed by atoms with Crippen LogP contribution >= 0.6 is 11.6 Å². The summed E-state index contributed by atoms with van der Waals surface area (Å²) >= 11 is 6.16. The highest BCUT2D eigenvalue weighted by atomic mass is 35.5. The summed E-state index contributed by atoms with van der Waals surface area (Å²) in [6.07, 6.45) is 1.03. The molecule has 0 aromatic heterocycles. The van der Waals surface area contributed by atoms with E-state index in [2.05, 4.69) is 34.4 Å². The molecule has 1 saturated heterocycles. The fourth-order valence-corrected chi connectivity index (χ4v) is 3.12. The minimum Gasteiger partial charge on any atom is -0.495 e. The van der Waals surface area contributed by atoms with Crippen LogP contribution in [0.2, 0.25) is 5.02 Å². The van der Waals surface area contributed by atoms with Crippen molar-refractivity contribution in [2.24, 2.45) is 10.9 Å². The third-order valence-electron chi connectivity index (χ3n) is 4.22. The van der Waals surface area contributed by atoms with E-state index in [4.69, 9.17) is 21.1 Å². The molecule has 1 atom stereocenters. The van der Waals surface area contributed by atoms with Crippen molar-refractivity contribution in [1.82, 2.24) is 10.6 Å². The quantitative estimate of drug-likeness (QED) is 0.411. The largest absolute Gasteiger partial charge is 0.495 e. The molecule has 6 nitrogen and oxygen atoms in total. The summed E-state index contributed by atoms with van der Waals surface area (Å²) in [5.41, 5.74) is 1.04. The average Bonchev–Trinajstić information content (AvgIpc) is 3.08. The van der Waals surface area contributed by atoms with Crippen molar-refractivity contribution in [3.63, 3.8) is 0 Å². The Kier molecular flexibility index (Phi) is 8.32. The van der Waals surface area contributed by atoms with E-state index in [1.165, 1.54) is 0 Å². The lowest BCUT2D eigenvalue weighted by atomic mass is 10.2. The summed E-state index contributed by atoms with van der Waals surface area (Å²) in [6.45, 7) is 8.32. The van der Waals surface area contributed by atoms with Gasteiger partial charge in [-0.3, -0.25) is 4.99 Å². The van der Waals surface area contributed by atoms with E-state index >= 15 is 0 Å². The fraction of sp³-hybridized carbons (Fsp3) is 0.632. The molecule has 1 aromatic rings. The summed E-state index contributed by atoms with van der Waals surface area (Å²) < 4.78 is 11.1. The first-order valence-electron chi connectivity index (χ1n) is 9.17. The van der Waals surface area contributed by atoms with Crippen molar-refractivity contribution in [2.45, 2.75) is 26.3 Å². The maximum absolute atomic E-state index is 6.16. The molecule has 1 heterocycles. The summed E-state index contributed by atoms with van der Waals surface area (Å²) in [5.74, 6) is 2.21. The SMILES string of the molecule is CN=C(NCCOCC(C)C)NC1CCN(c2cc(Cl)ccc2OC)C1. The molecule has 0 bridgehead atoms. The normalized spacial score (nSPS) is 17.7. The number of nitrogens with zero attached hydrogens (tertiary/aromatic N) is 2. The van der Waals surface area contributed by atoms with Crippen LogP contribution in [0.5, 0.6) is 5.75 Å². The van der Waals surface area contributed by atoms with E-state index in [1.807, 2.05) is 18.2 Å². The zero-order valence-corrected chi connectivity index (χ0v) is 17.0. The zero-order chi connectivity index (χ0) is 18.9. The number of halogens is 1. The average molecular weight is 383 g/mol. The molecule has 7 heteroatoms. The second kappa shape index (κ2) is 10.5. The second-order valence-electron chi connectivity index (χ2n) is 6.86. The van der Waals surface area contributed by atoms with Gasteiger partial charge < -0.3 is 25.0 Å². The van der Waals surface area contributed by atoms with Gasteiger partial charge in [-0.1, -0.05) is 25.4 Å². The van der Waals surface area contributed by atoms with E-state index in [0.717, 1.165) is 55.1 Å². The molecule has 0 saturated carbocycles. The highest BCUT2D eigenvalue weighted by Crippen LogP contribution is 2.33. The molecule has 0 amide bonds. The molecule has 1 fully saturated rings. The monoisotopic (exact) mass is 382 g/mol. The summed E-state index contributed by atoms with van der Waals surface area (Å²) in [5, 5.41) is 7.51. The Morgan fingerprint density at radius 1 is 1.42 bits per heavy atom. The summed E-state index contributed by atoms with van der Waals surface area (Å²) in [7, 11) is 3.47. The Morgan fingerprint density at radius 2 is 2.23 bits per heavy atom. The van der Waals surface area contributed by atoms with Gasteiger partial charge in [0.25, 0.3) is 0 Å². The topological polar surface area (TPSA) is 58.1 Å². The standard InChI is InChI=1S/C19H31ClN4O2/c1-14(2)13-26-10-8-22-19(21-3)23-16-7-9-24(12-16)17-11-15(20)5-6-18(17)25-4/h5-6,11,14,16H,7-10,12-13H2,1-4H3,(H2,21,22,23). The lowest BCUT2D eigenvalue weighted by Gasteiger charge is -2.22. The third-order valence-corrected chi connectivity index (χ3v) is 4.46. The summed E-state index contributed by atoms with van der Waals surface area (Å²) in [6, 6.07) is 6.04. The van der Waals surface area contributed by atoms with Crippen LogP contribution in [0.25, 0.3) is 0 Å². The number of rotatable bonds is 8. The minimum atomic E-state index is 0.321. The Hall–Kier alpha value is -1.66. The lowest BCUT2D eigenvalue weighted by molar-refractivity contribution is 0.114. The number of guanidine groups is 1. The van der Waals surface area contributed by atoms with E-state index in [9.17, 15) is 0 Å². The Morgan fingerprint density at radius 3 is 2.92 bits per heavy atom. The molecule has 1 aliphatic rings. The smallest absolute Gasteiger partial charge is 0.191 e. The van der Waals surface area contributed by atoms with E-state index in [0.29, 0.717) is 18.6 Å². The predicted octanol–water partition coefficient (Wildman–Crippen LogP) is 2.76.